The fourth-order valence-corrected chi connectivity index (χ4v) is 1.76. The van der Waals surface area contributed by atoms with Crippen LogP contribution in [0.5, 0.6) is 11.5 Å². The number of rotatable bonds is 4. The number of aromatic hydroxyl groups is 1. The van der Waals surface area contributed by atoms with Crippen molar-refractivity contribution >= 4 is 11.8 Å². The number of ether oxygens (including phenoxy) is 1. The van der Waals surface area contributed by atoms with Gasteiger partial charge in [0, 0.05) is 29.1 Å². The van der Waals surface area contributed by atoms with E-state index in [4.69, 9.17) is 9.84 Å². The molecule has 6 heteroatoms. The molecule has 0 bridgehead atoms. The number of carboxylic acid groups (broad SMARTS) is 1. The first-order valence-corrected chi connectivity index (χ1v) is 5.63. The molecule has 0 aliphatic rings. The summed E-state index contributed by atoms with van der Waals surface area (Å²) in [6.45, 7) is 0. The average Bonchev–Trinajstić information content (AvgIpc) is 2.46. The van der Waals surface area contributed by atoms with E-state index in [1.165, 1.54) is 37.7 Å². The number of nitrogens with zero attached hydrogens (tertiary/aromatic N) is 1. The van der Waals surface area contributed by atoms with Gasteiger partial charge in [-0.15, -0.1) is 0 Å². The van der Waals surface area contributed by atoms with Crippen molar-refractivity contribution in [2.45, 2.75) is 0 Å². The molecule has 20 heavy (non-hydrogen) atoms. The van der Waals surface area contributed by atoms with Crippen LogP contribution in [0.15, 0.2) is 36.7 Å². The van der Waals surface area contributed by atoms with Crippen molar-refractivity contribution in [1.82, 2.24) is 4.98 Å². The number of hydrogen-bond acceptors (Lipinski definition) is 5. The lowest BCUT2D eigenvalue weighted by molar-refractivity contribution is -0.131. The van der Waals surface area contributed by atoms with Gasteiger partial charge in [0.1, 0.15) is 11.5 Å². The zero-order valence-corrected chi connectivity index (χ0v) is 10.5. The number of methoxy groups -OCH3 is 1. The van der Waals surface area contributed by atoms with E-state index in [1.54, 1.807) is 6.07 Å². The normalized spacial score (nSPS) is 10.1. The molecule has 0 amide bonds. The number of carbonyl (C=O) groups excluding carboxylic acids is 1. The zero-order chi connectivity index (χ0) is 14.7. The first-order chi connectivity index (χ1) is 9.52. The molecule has 0 aliphatic heterocycles. The number of ketones is 1. The number of phenols is 1. The van der Waals surface area contributed by atoms with E-state index in [0.717, 1.165) is 0 Å². The molecule has 0 unspecified atom stereocenters. The Morgan fingerprint density at radius 1 is 1.20 bits per heavy atom. The topological polar surface area (TPSA) is 96.7 Å². The molecule has 1 aromatic heterocycles. The molecule has 6 nitrogen and oxygen atoms in total. The van der Waals surface area contributed by atoms with Gasteiger partial charge < -0.3 is 14.9 Å². The molecule has 0 fully saturated rings. The van der Waals surface area contributed by atoms with E-state index >= 15 is 0 Å². The van der Waals surface area contributed by atoms with Crippen LogP contribution in [-0.4, -0.2) is 34.1 Å². The molecule has 0 atom stereocenters. The van der Waals surface area contributed by atoms with E-state index in [9.17, 15) is 14.7 Å². The fourth-order valence-electron chi connectivity index (χ4n) is 1.76. The summed E-state index contributed by atoms with van der Waals surface area (Å²) >= 11 is 0. The number of phenolic OH excluding ortho intramolecular Hbond substituents is 1. The highest BCUT2D eigenvalue weighted by atomic mass is 16.5. The summed E-state index contributed by atoms with van der Waals surface area (Å²) in [6, 6.07) is 5.87. The van der Waals surface area contributed by atoms with Gasteiger partial charge >= 0.3 is 5.97 Å². The van der Waals surface area contributed by atoms with E-state index in [0.29, 0.717) is 16.9 Å². The molecule has 2 aromatic rings. The summed E-state index contributed by atoms with van der Waals surface area (Å²) in [5, 5.41) is 18.2. The zero-order valence-electron chi connectivity index (χ0n) is 10.5. The molecule has 1 heterocycles. The van der Waals surface area contributed by atoms with E-state index < -0.39 is 11.8 Å². The first kappa shape index (κ1) is 13.5. The maximum atomic E-state index is 11.4. The summed E-state index contributed by atoms with van der Waals surface area (Å²) in [5.74, 6) is -2.09. The number of hydrogen-bond donors (Lipinski definition) is 2. The van der Waals surface area contributed by atoms with Crippen molar-refractivity contribution in [2.24, 2.45) is 0 Å². The third-order valence-corrected chi connectivity index (χ3v) is 2.69. The molecule has 0 aliphatic carbocycles. The Balaban J connectivity index is 2.54. The number of Topliss-reactive ketones (excluding diaryl/α,β-unsaturated/α-hetero) is 1. The number of carbonyl (C=O) groups is 2. The van der Waals surface area contributed by atoms with Crippen LogP contribution in [0.25, 0.3) is 11.1 Å². The predicted octanol–water partition coefficient (Wildman–Crippen LogP) is 1.73. The lowest BCUT2D eigenvalue weighted by Gasteiger charge is -2.09. The number of aliphatic carboxylic acids is 1. The fraction of sp³-hybridized carbons (Fsp3) is 0.0714. The van der Waals surface area contributed by atoms with Crippen LogP contribution in [0.3, 0.4) is 0 Å². The molecular formula is C14H11NO5. The molecule has 0 saturated carbocycles. The number of aromatic nitrogens is 1. The van der Waals surface area contributed by atoms with E-state index in [1.807, 2.05) is 0 Å². The molecule has 1 aromatic carbocycles. The summed E-state index contributed by atoms with van der Waals surface area (Å²) in [5.41, 5.74) is 0.949. The van der Waals surface area contributed by atoms with Gasteiger partial charge in [-0.05, 0) is 24.3 Å². The van der Waals surface area contributed by atoms with Gasteiger partial charge in [-0.25, -0.2) is 4.79 Å². The van der Waals surface area contributed by atoms with Crippen LogP contribution in [0.1, 0.15) is 10.4 Å². The summed E-state index contributed by atoms with van der Waals surface area (Å²) in [6.07, 6.45) is 2.63. The third kappa shape index (κ3) is 2.59. The number of carboxylic acids is 1. The lowest BCUT2D eigenvalue weighted by atomic mass is 10.0. The minimum absolute atomic E-state index is 0.0239. The highest BCUT2D eigenvalue weighted by Gasteiger charge is 2.16. The summed E-state index contributed by atoms with van der Waals surface area (Å²) in [4.78, 5) is 26.0. The maximum absolute atomic E-state index is 11.4. The number of pyridine rings is 1. The van der Waals surface area contributed by atoms with Crippen LogP contribution in [0.2, 0.25) is 0 Å². The SMILES string of the molecule is COc1ccc(O)cc1-c1cncc(C(=O)C(=O)O)c1. The Hall–Kier alpha value is -2.89. The summed E-state index contributed by atoms with van der Waals surface area (Å²) < 4.78 is 5.16. The van der Waals surface area contributed by atoms with Crippen LogP contribution in [0, 0.1) is 0 Å². The highest BCUT2D eigenvalue weighted by molar-refractivity contribution is 6.39. The van der Waals surface area contributed by atoms with Gasteiger partial charge in [0.15, 0.2) is 0 Å². The molecule has 2 rings (SSSR count). The highest BCUT2D eigenvalue weighted by Crippen LogP contribution is 2.32. The molecule has 0 spiro atoms. The first-order valence-electron chi connectivity index (χ1n) is 5.63. The molecule has 0 radical (unpaired) electrons. The second-order valence-electron chi connectivity index (χ2n) is 3.98. The second-order valence-corrected chi connectivity index (χ2v) is 3.98. The predicted molar refractivity (Wildman–Crippen MR) is 69.9 cm³/mol. The Labute approximate surface area is 114 Å². The minimum Gasteiger partial charge on any atom is -0.508 e. The van der Waals surface area contributed by atoms with Gasteiger partial charge in [0.2, 0.25) is 0 Å². The lowest BCUT2D eigenvalue weighted by Crippen LogP contribution is -2.12. The summed E-state index contributed by atoms with van der Waals surface area (Å²) in [7, 11) is 1.47. The van der Waals surface area contributed by atoms with Gasteiger partial charge in [0.25, 0.3) is 5.78 Å². The minimum atomic E-state index is -1.55. The van der Waals surface area contributed by atoms with Crippen molar-refractivity contribution in [3.63, 3.8) is 0 Å². The van der Waals surface area contributed by atoms with Crippen molar-refractivity contribution < 1.29 is 24.5 Å². The van der Waals surface area contributed by atoms with E-state index in [-0.39, 0.29) is 11.3 Å². The molecule has 2 N–H and O–H groups in total. The third-order valence-electron chi connectivity index (χ3n) is 2.69. The van der Waals surface area contributed by atoms with Crippen LogP contribution >= 0.6 is 0 Å². The Morgan fingerprint density at radius 3 is 2.60 bits per heavy atom. The monoisotopic (exact) mass is 273 g/mol. The van der Waals surface area contributed by atoms with E-state index in [2.05, 4.69) is 4.98 Å². The van der Waals surface area contributed by atoms with Crippen LogP contribution in [-0.2, 0) is 4.79 Å². The molecule has 0 saturated heterocycles. The second kappa shape index (κ2) is 5.40. The average molecular weight is 273 g/mol. The maximum Gasteiger partial charge on any atom is 0.377 e. The smallest absolute Gasteiger partial charge is 0.377 e. The van der Waals surface area contributed by atoms with Gasteiger partial charge in [-0.3, -0.25) is 9.78 Å². The Morgan fingerprint density at radius 2 is 1.95 bits per heavy atom. The van der Waals surface area contributed by atoms with Crippen molar-refractivity contribution in [1.29, 1.82) is 0 Å². The molecular weight excluding hydrogens is 262 g/mol. The quantitative estimate of drug-likeness (QED) is 0.650. The van der Waals surface area contributed by atoms with Crippen LogP contribution in [0.4, 0.5) is 0 Å². The standard InChI is InChI=1S/C14H11NO5/c1-20-12-3-2-10(16)5-11(12)8-4-9(7-15-6-8)13(17)14(18)19/h2-7,16H,1H3,(H,18,19). The number of benzene rings is 1. The van der Waals surface area contributed by atoms with Crippen molar-refractivity contribution in [3.05, 3.63) is 42.2 Å². The van der Waals surface area contributed by atoms with Crippen molar-refractivity contribution in [3.8, 4) is 22.6 Å². The van der Waals surface area contributed by atoms with Gasteiger partial charge in [-0.2, -0.15) is 0 Å². The largest absolute Gasteiger partial charge is 0.508 e. The Bertz CT molecular complexity index is 681. The van der Waals surface area contributed by atoms with Crippen LogP contribution < -0.4 is 4.74 Å². The van der Waals surface area contributed by atoms with Crippen molar-refractivity contribution in [2.75, 3.05) is 7.11 Å². The van der Waals surface area contributed by atoms with Gasteiger partial charge in [0.05, 0.1) is 7.11 Å². The van der Waals surface area contributed by atoms with Gasteiger partial charge in [-0.1, -0.05) is 0 Å². The Kier molecular flexibility index (Phi) is 3.65. The molecule has 102 valence electrons.